The Bertz CT molecular complexity index is 858. The molecule has 2 aliphatic heterocycles. The predicted molar refractivity (Wildman–Crippen MR) is 91.4 cm³/mol. The number of anilines is 1. The van der Waals surface area contributed by atoms with Gasteiger partial charge >= 0.3 is 5.97 Å². The minimum Gasteiger partial charge on any atom is -0.489 e. The number of aliphatic imine (C=N–C) groups is 1. The van der Waals surface area contributed by atoms with E-state index in [0.717, 1.165) is 11.5 Å². The Morgan fingerprint density at radius 3 is 3.04 bits per heavy atom. The highest BCUT2D eigenvalue weighted by molar-refractivity contribution is 6.01. The van der Waals surface area contributed by atoms with Gasteiger partial charge in [0.1, 0.15) is 11.9 Å². The molecule has 0 aliphatic carbocycles. The van der Waals surface area contributed by atoms with Gasteiger partial charge in [0.05, 0.1) is 24.4 Å². The first-order chi connectivity index (χ1) is 12.0. The van der Waals surface area contributed by atoms with Crippen molar-refractivity contribution in [2.75, 3.05) is 18.1 Å². The molecule has 4 heterocycles. The molecule has 0 bridgehead atoms. The number of carboxylic acid groups (broad SMARTS) is 1. The SMILES string of the molecule is CC(C)n1nccc1C1CN2C(=N1)CCOc1cc(C(=O)O)cnc12. The summed E-state index contributed by atoms with van der Waals surface area (Å²) in [5.41, 5.74) is 1.19. The van der Waals surface area contributed by atoms with E-state index in [-0.39, 0.29) is 17.6 Å². The third kappa shape index (κ3) is 2.63. The monoisotopic (exact) mass is 341 g/mol. The first kappa shape index (κ1) is 15.6. The Labute approximate surface area is 144 Å². The molecule has 0 radical (unpaired) electrons. The van der Waals surface area contributed by atoms with Crippen LogP contribution in [0.5, 0.6) is 5.75 Å². The molecule has 8 heteroatoms. The van der Waals surface area contributed by atoms with Crippen molar-refractivity contribution in [1.29, 1.82) is 0 Å². The Morgan fingerprint density at radius 2 is 2.28 bits per heavy atom. The summed E-state index contributed by atoms with van der Waals surface area (Å²) >= 11 is 0. The largest absolute Gasteiger partial charge is 0.489 e. The lowest BCUT2D eigenvalue weighted by Gasteiger charge is -2.20. The van der Waals surface area contributed by atoms with Crippen LogP contribution in [0.2, 0.25) is 0 Å². The van der Waals surface area contributed by atoms with Crippen molar-refractivity contribution in [3.8, 4) is 5.75 Å². The summed E-state index contributed by atoms with van der Waals surface area (Å²) < 4.78 is 7.68. The van der Waals surface area contributed by atoms with Crippen molar-refractivity contribution in [2.24, 2.45) is 4.99 Å². The highest BCUT2D eigenvalue weighted by Gasteiger charge is 2.33. The van der Waals surface area contributed by atoms with Crippen molar-refractivity contribution in [1.82, 2.24) is 14.8 Å². The fourth-order valence-corrected chi connectivity index (χ4v) is 3.27. The molecule has 0 saturated carbocycles. The van der Waals surface area contributed by atoms with Gasteiger partial charge in [-0.1, -0.05) is 0 Å². The minimum absolute atomic E-state index is 0.0215. The summed E-state index contributed by atoms with van der Waals surface area (Å²) in [6.07, 6.45) is 3.82. The van der Waals surface area contributed by atoms with Gasteiger partial charge in [-0.05, 0) is 19.9 Å². The lowest BCUT2D eigenvalue weighted by Crippen LogP contribution is -2.28. The first-order valence-corrected chi connectivity index (χ1v) is 8.28. The first-order valence-electron chi connectivity index (χ1n) is 8.28. The number of carbonyl (C=O) groups is 1. The van der Waals surface area contributed by atoms with Crippen LogP contribution in [0.15, 0.2) is 29.5 Å². The number of nitrogens with zero attached hydrogens (tertiary/aromatic N) is 5. The molecule has 0 saturated heterocycles. The highest BCUT2D eigenvalue weighted by atomic mass is 16.5. The number of aromatic nitrogens is 3. The van der Waals surface area contributed by atoms with Crippen molar-refractivity contribution in [2.45, 2.75) is 32.4 Å². The maximum absolute atomic E-state index is 11.2. The van der Waals surface area contributed by atoms with E-state index in [0.29, 0.717) is 31.1 Å². The molecule has 4 rings (SSSR count). The van der Waals surface area contributed by atoms with Crippen LogP contribution in [0.3, 0.4) is 0 Å². The van der Waals surface area contributed by atoms with Crippen molar-refractivity contribution < 1.29 is 14.6 Å². The molecule has 2 aromatic heterocycles. The summed E-state index contributed by atoms with van der Waals surface area (Å²) in [7, 11) is 0. The van der Waals surface area contributed by atoms with Gasteiger partial charge in [0.25, 0.3) is 0 Å². The minimum atomic E-state index is -1.02. The molecule has 0 aromatic carbocycles. The zero-order chi connectivity index (χ0) is 17.6. The summed E-state index contributed by atoms with van der Waals surface area (Å²) in [6, 6.07) is 3.77. The van der Waals surface area contributed by atoms with Crippen LogP contribution in [0.4, 0.5) is 5.82 Å². The van der Waals surface area contributed by atoms with E-state index in [9.17, 15) is 4.79 Å². The summed E-state index contributed by atoms with van der Waals surface area (Å²) in [4.78, 5) is 22.4. The normalized spacial score (nSPS) is 19.1. The van der Waals surface area contributed by atoms with Crippen LogP contribution in [0.1, 0.15) is 48.4 Å². The van der Waals surface area contributed by atoms with Gasteiger partial charge in [-0.3, -0.25) is 9.67 Å². The van der Waals surface area contributed by atoms with Gasteiger partial charge < -0.3 is 14.7 Å². The number of hydrogen-bond donors (Lipinski definition) is 1. The number of carboxylic acids is 1. The quantitative estimate of drug-likeness (QED) is 0.921. The average molecular weight is 341 g/mol. The summed E-state index contributed by atoms with van der Waals surface area (Å²) in [5.74, 6) is 1.01. The fourth-order valence-electron chi connectivity index (χ4n) is 3.27. The van der Waals surface area contributed by atoms with Crippen LogP contribution in [0.25, 0.3) is 0 Å². The molecule has 1 atom stereocenters. The van der Waals surface area contributed by atoms with Crippen molar-refractivity contribution >= 4 is 17.6 Å². The number of ether oxygens (including phenoxy) is 1. The van der Waals surface area contributed by atoms with Crippen molar-refractivity contribution in [3.63, 3.8) is 0 Å². The topological polar surface area (TPSA) is 92.8 Å². The lowest BCUT2D eigenvalue weighted by molar-refractivity contribution is 0.0696. The molecular weight excluding hydrogens is 322 g/mol. The number of pyridine rings is 1. The molecule has 0 spiro atoms. The molecule has 25 heavy (non-hydrogen) atoms. The van der Waals surface area contributed by atoms with E-state index in [2.05, 4.69) is 23.9 Å². The second-order valence-corrected chi connectivity index (χ2v) is 6.42. The van der Waals surface area contributed by atoms with E-state index in [1.165, 1.54) is 12.3 Å². The van der Waals surface area contributed by atoms with Crippen LogP contribution in [-0.4, -0.2) is 44.8 Å². The Balaban J connectivity index is 1.69. The number of amidine groups is 1. The van der Waals surface area contributed by atoms with E-state index in [1.807, 2.05) is 15.6 Å². The Hall–Kier alpha value is -2.90. The van der Waals surface area contributed by atoms with E-state index in [4.69, 9.17) is 14.8 Å². The third-order valence-corrected chi connectivity index (χ3v) is 4.42. The fraction of sp³-hybridized carbons (Fsp3) is 0.412. The van der Waals surface area contributed by atoms with Gasteiger partial charge in [-0.25, -0.2) is 9.78 Å². The molecule has 8 nitrogen and oxygen atoms in total. The third-order valence-electron chi connectivity index (χ3n) is 4.42. The molecule has 0 fully saturated rings. The highest BCUT2D eigenvalue weighted by Crippen LogP contribution is 2.36. The number of aromatic carboxylic acids is 1. The van der Waals surface area contributed by atoms with E-state index < -0.39 is 5.97 Å². The second-order valence-electron chi connectivity index (χ2n) is 6.42. The van der Waals surface area contributed by atoms with Gasteiger partial charge in [0, 0.05) is 30.9 Å². The maximum atomic E-state index is 11.2. The standard InChI is InChI=1S/C17H19N5O3/c1-10(2)22-13(3-5-19-22)12-9-21-15(20-12)4-6-25-14-7-11(17(23)24)8-18-16(14)21/h3,5,7-8,10,12H,4,6,9H2,1-2H3,(H,23,24). The molecule has 2 aliphatic rings. The van der Waals surface area contributed by atoms with Gasteiger partial charge in [-0.2, -0.15) is 5.10 Å². The molecule has 130 valence electrons. The number of hydrogen-bond acceptors (Lipinski definition) is 6. The summed E-state index contributed by atoms with van der Waals surface area (Å²) in [5, 5.41) is 13.5. The van der Waals surface area contributed by atoms with Gasteiger partial charge in [-0.15, -0.1) is 0 Å². The second kappa shape index (κ2) is 5.87. The van der Waals surface area contributed by atoms with Gasteiger partial charge in [0.2, 0.25) is 0 Å². The maximum Gasteiger partial charge on any atom is 0.337 e. The van der Waals surface area contributed by atoms with Crippen LogP contribution < -0.4 is 9.64 Å². The Morgan fingerprint density at radius 1 is 1.44 bits per heavy atom. The number of fused-ring (bicyclic) bond motifs is 3. The molecular formula is C17H19N5O3. The van der Waals surface area contributed by atoms with Crippen LogP contribution >= 0.6 is 0 Å². The van der Waals surface area contributed by atoms with Gasteiger partial charge in [0.15, 0.2) is 11.6 Å². The van der Waals surface area contributed by atoms with E-state index >= 15 is 0 Å². The molecule has 1 N–H and O–H groups in total. The summed E-state index contributed by atoms with van der Waals surface area (Å²) in [6.45, 7) is 5.27. The van der Waals surface area contributed by atoms with Crippen molar-refractivity contribution in [3.05, 3.63) is 35.8 Å². The van der Waals surface area contributed by atoms with Crippen LogP contribution in [-0.2, 0) is 0 Å². The molecule has 1 unspecified atom stereocenters. The zero-order valence-corrected chi connectivity index (χ0v) is 14.1. The molecule has 2 aromatic rings. The average Bonchev–Trinajstić information content (AvgIpc) is 3.18. The number of rotatable bonds is 3. The lowest BCUT2D eigenvalue weighted by atomic mass is 10.2. The zero-order valence-electron chi connectivity index (χ0n) is 14.1. The smallest absolute Gasteiger partial charge is 0.337 e. The van der Waals surface area contributed by atoms with Crippen LogP contribution in [0, 0.1) is 0 Å². The Kier molecular flexibility index (Phi) is 3.67. The predicted octanol–water partition coefficient (Wildman–Crippen LogP) is 2.30. The van der Waals surface area contributed by atoms with E-state index in [1.54, 1.807) is 6.20 Å². The molecule has 0 amide bonds.